The van der Waals surface area contributed by atoms with Crippen molar-refractivity contribution in [3.63, 3.8) is 0 Å². The summed E-state index contributed by atoms with van der Waals surface area (Å²) in [6, 6.07) is 7.63. The number of hydrogen-bond donors (Lipinski definition) is 1. The average molecular weight is 175 g/mol. The Morgan fingerprint density at radius 1 is 1.23 bits per heavy atom. The van der Waals surface area contributed by atoms with E-state index in [1.807, 2.05) is 24.3 Å². The molecular formula is C8H9N5. The van der Waals surface area contributed by atoms with Crippen LogP contribution in [0.3, 0.4) is 0 Å². The molecule has 1 heterocycles. The molecule has 0 fully saturated rings. The highest BCUT2D eigenvalue weighted by Crippen LogP contribution is 2.05. The van der Waals surface area contributed by atoms with Gasteiger partial charge < -0.3 is 5.73 Å². The van der Waals surface area contributed by atoms with Gasteiger partial charge in [-0.05, 0) is 28.1 Å². The fourth-order valence-corrected chi connectivity index (χ4v) is 1.06. The molecule has 0 aliphatic rings. The lowest BCUT2D eigenvalue weighted by Crippen LogP contribution is -2.00. The number of anilines is 1. The van der Waals surface area contributed by atoms with Gasteiger partial charge in [-0.1, -0.05) is 12.1 Å². The van der Waals surface area contributed by atoms with Crippen LogP contribution in [-0.4, -0.2) is 20.2 Å². The van der Waals surface area contributed by atoms with Crippen LogP contribution in [0.25, 0.3) is 0 Å². The lowest BCUT2D eigenvalue weighted by atomic mass is 10.2. The van der Waals surface area contributed by atoms with Crippen LogP contribution in [0.2, 0.25) is 0 Å². The van der Waals surface area contributed by atoms with Crippen molar-refractivity contribution in [3.05, 3.63) is 36.2 Å². The van der Waals surface area contributed by atoms with Crippen molar-refractivity contribution in [2.75, 3.05) is 5.73 Å². The molecule has 0 aliphatic carbocycles. The SMILES string of the molecule is Nc1ccc(Cn2cnnn2)cc1. The normalized spacial score (nSPS) is 10.2. The lowest BCUT2D eigenvalue weighted by molar-refractivity contribution is 0.648. The maximum atomic E-state index is 5.55. The van der Waals surface area contributed by atoms with E-state index in [1.165, 1.54) is 0 Å². The number of nitrogens with zero attached hydrogens (tertiary/aromatic N) is 4. The maximum absolute atomic E-state index is 5.55. The largest absolute Gasteiger partial charge is 0.399 e. The van der Waals surface area contributed by atoms with Gasteiger partial charge in [-0.15, -0.1) is 5.10 Å². The minimum Gasteiger partial charge on any atom is -0.399 e. The van der Waals surface area contributed by atoms with E-state index in [0.29, 0.717) is 6.54 Å². The van der Waals surface area contributed by atoms with Gasteiger partial charge in [-0.2, -0.15) is 0 Å². The Morgan fingerprint density at radius 3 is 2.62 bits per heavy atom. The molecule has 2 rings (SSSR count). The summed E-state index contributed by atoms with van der Waals surface area (Å²) in [5.41, 5.74) is 7.44. The summed E-state index contributed by atoms with van der Waals surface area (Å²) in [6.45, 7) is 0.674. The van der Waals surface area contributed by atoms with E-state index in [1.54, 1.807) is 11.0 Å². The number of hydrogen-bond acceptors (Lipinski definition) is 4. The molecule has 66 valence electrons. The summed E-state index contributed by atoms with van der Waals surface area (Å²) >= 11 is 0. The fourth-order valence-electron chi connectivity index (χ4n) is 1.06. The number of benzene rings is 1. The highest BCUT2D eigenvalue weighted by atomic mass is 15.5. The van der Waals surface area contributed by atoms with Gasteiger partial charge in [0.15, 0.2) is 0 Å². The van der Waals surface area contributed by atoms with Gasteiger partial charge in [0.05, 0.1) is 6.54 Å². The molecule has 5 nitrogen and oxygen atoms in total. The third kappa shape index (κ3) is 1.81. The van der Waals surface area contributed by atoms with Crippen LogP contribution in [0, 0.1) is 0 Å². The van der Waals surface area contributed by atoms with Crippen LogP contribution >= 0.6 is 0 Å². The molecule has 0 saturated carbocycles. The zero-order valence-electron chi connectivity index (χ0n) is 6.96. The van der Waals surface area contributed by atoms with E-state index in [0.717, 1.165) is 11.3 Å². The maximum Gasteiger partial charge on any atom is 0.138 e. The van der Waals surface area contributed by atoms with E-state index in [-0.39, 0.29) is 0 Å². The van der Waals surface area contributed by atoms with Crippen LogP contribution in [0.5, 0.6) is 0 Å². The zero-order chi connectivity index (χ0) is 9.10. The van der Waals surface area contributed by atoms with Gasteiger partial charge >= 0.3 is 0 Å². The molecule has 0 spiro atoms. The molecule has 0 saturated heterocycles. The smallest absolute Gasteiger partial charge is 0.138 e. The van der Waals surface area contributed by atoms with Crippen LogP contribution in [0.1, 0.15) is 5.56 Å². The van der Waals surface area contributed by atoms with Gasteiger partial charge in [0.2, 0.25) is 0 Å². The third-order valence-electron chi connectivity index (χ3n) is 1.72. The Labute approximate surface area is 75.2 Å². The van der Waals surface area contributed by atoms with Crippen LogP contribution in [-0.2, 0) is 6.54 Å². The summed E-state index contributed by atoms with van der Waals surface area (Å²) in [6.07, 6.45) is 1.58. The minimum absolute atomic E-state index is 0.674. The monoisotopic (exact) mass is 175 g/mol. The molecule has 1 aromatic carbocycles. The van der Waals surface area contributed by atoms with Gasteiger partial charge in [-0.3, -0.25) is 0 Å². The Kier molecular flexibility index (Phi) is 1.91. The van der Waals surface area contributed by atoms with E-state index in [9.17, 15) is 0 Å². The van der Waals surface area contributed by atoms with Crippen molar-refractivity contribution in [1.82, 2.24) is 20.2 Å². The van der Waals surface area contributed by atoms with Crippen molar-refractivity contribution in [2.45, 2.75) is 6.54 Å². The second-order valence-corrected chi connectivity index (χ2v) is 2.75. The van der Waals surface area contributed by atoms with Gasteiger partial charge in [0.1, 0.15) is 6.33 Å². The molecule has 2 N–H and O–H groups in total. The van der Waals surface area contributed by atoms with Crippen LogP contribution in [0.4, 0.5) is 5.69 Å². The molecular weight excluding hydrogens is 166 g/mol. The van der Waals surface area contributed by atoms with E-state index < -0.39 is 0 Å². The molecule has 2 aromatic rings. The summed E-state index contributed by atoms with van der Waals surface area (Å²) < 4.78 is 1.66. The highest BCUT2D eigenvalue weighted by Gasteiger charge is 1.95. The fraction of sp³-hybridized carbons (Fsp3) is 0.125. The summed E-state index contributed by atoms with van der Waals surface area (Å²) in [4.78, 5) is 0. The summed E-state index contributed by atoms with van der Waals surface area (Å²) in [7, 11) is 0. The molecule has 0 amide bonds. The van der Waals surface area contributed by atoms with Crippen LogP contribution in [0.15, 0.2) is 30.6 Å². The molecule has 0 unspecified atom stereocenters. The predicted octanol–water partition coefficient (Wildman–Crippen LogP) is 0.304. The van der Waals surface area contributed by atoms with Crippen molar-refractivity contribution >= 4 is 5.69 Å². The first-order valence-electron chi connectivity index (χ1n) is 3.90. The number of tetrazole rings is 1. The first-order valence-corrected chi connectivity index (χ1v) is 3.90. The third-order valence-corrected chi connectivity index (χ3v) is 1.72. The van der Waals surface area contributed by atoms with Crippen molar-refractivity contribution in [1.29, 1.82) is 0 Å². The Balaban J connectivity index is 2.15. The molecule has 0 radical (unpaired) electrons. The summed E-state index contributed by atoms with van der Waals surface area (Å²) in [5, 5.41) is 10.8. The molecule has 0 bridgehead atoms. The van der Waals surface area contributed by atoms with Gasteiger partial charge in [0, 0.05) is 5.69 Å². The van der Waals surface area contributed by atoms with Gasteiger partial charge in [-0.25, -0.2) is 4.68 Å². The second-order valence-electron chi connectivity index (χ2n) is 2.75. The molecule has 13 heavy (non-hydrogen) atoms. The van der Waals surface area contributed by atoms with E-state index in [2.05, 4.69) is 15.5 Å². The van der Waals surface area contributed by atoms with Crippen molar-refractivity contribution in [2.24, 2.45) is 0 Å². The average Bonchev–Trinajstić information content (AvgIpc) is 2.62. The second kappa shape index (κ2) is 3.22. The Morgan fingerprint density at radius 2 is 2.00 bits per heavy atom. The van der Waals surface area contributed by atoms with Gasteiger partial charge in [0.25, 0.3) is 0 Å². The quantitative estimate of drug-likeness (QED) is 0.666. The minimum atomic E-state index is 0.674. The predicted molar refractivity (Wildman–Crippen MR) is 47.8 cm³/mol. The first-order chi connectivity index (χ1) is 6.34. The zero-order valence-corrected chi connectivity index (χ0v) is 6.96. The molecule has 1 aromatic heterocycles. The molecule has 0 aliphatic heterocycles. The standard InChI is InChI=1S/C8H9N5/c9-8-3-1-7(2-4-8)5-13-6-10-11-12-13/h1-4,6H,5,9H2. The Bertz CT molecular complexity index is 364. The van der Waals surface area contributed by atoms with E-state index >= 15 is 0 Å². The number of aromatic nitrogens is 4. The number of nitrogens with two attached hydrogens (primary N) is 1. The van der Waals surface area contributed by atoms with Crippen molar-refractivity contribution < 1.29 is 0 Å². The van der Waals surface area contributed by atoms with Crippen LogP contribution < -0.4 is 5.73 Å². The Hall–Kier alpha value is -1.91. The lowest BCUT2D eigenvalue weighted by Gasteiger charge is -1.99. The highest BCUT2D eigenvalue weighted by molar-refractivity contribution is 5.39. The topological polar surface area (TPSA) is 69.6 Å². The first kappa shape index (κ1) is 7.72. The molecule has 5 heteroatoms. The summed E-state index contributed by atoms with van der Waals surface area (Å²) in [5.74, 6) is 0. The van der Waals surface area contributed by atoms with Crippen molar-refractivity contribution in [3.8, 4) is 0 Å². The number of rotatable bonds is 2. The number of nitrogen functional groups attached to an aromatic ring is 1. The molecule has 0 atom stereocenters. The van der Waals surface area contributed by atoms with E-state index in [4.69, 9.17) is 5.73 Å².